The molecule has 7 saturated carbocycles. The molecule has 14 aliphatic heterocycles. The number of rotatable bonds is 7. The van der Waals surface area contributed by atoms with Crippen molar-refractivity contribution in [2.24, 2.45) is 88.7 Å². The van der Waals surface area contributed by atoms with Crippen molar-refractivity contribution in [3.05, 3.63) is 128 Å². The maximum absolute atomic E-state index is 2.69. The van der Waals surface area contributed by atoms with Gasteiger partial charge in [-0.05, 0) is 380 Å². The van der Waals surface area contributed by atoms with E-state index in [1.54, 1.807) is 0 Å². The molecule has 0 aromatic carbocycles. The molecule has 7 aliphatic carbocycles. The van der Waals surface area contributed by atoms with Crippen LogP contribution < -0.4 is 34.3 Å². The largest absolute Gasteiger partial charge is 0.352 e. The molecule has 0 N–H and O–H groups in total. The molecule has 113 heavy (non-hydrogen) atoms. The molecule has 14 nitrogen and oxygen atoms in total. The van der Waals surface area contributed by atoms with Crippen LogP contribution in [0.2, 0.25) is 0 Å². The summed E-state index contributed by atoms with van der Waals surface area (Å²) in [5.74, 6) is 12.6. The van der Waals surface area contributed by atoms with Crippen LogP contribution in [0, 0.1) is 39.4 Å². The summed E-state index contributed by atoms with van der Waals surface area (Å²) in [4.78, 5) is 18.8. The van der Waals surface area contributed by atoms with Gasteiger partial charge in [0.15, 0.2) is 0 Å². The molecular weight excluding hydrogens is 1390 g/mol. The minimum Gasteiger partial charge on any atom is -0.352 e. The van der Waals surface area contributed by atoms with E-state index in [2.05, 4.69) is 348 Å². The number of aromatic nitrogens is 7. The summed E-state index contributed by atoms with van der Waals surface area (Å²) in [5, 5.41) is 0. The first-order valence-electron chi connectivity index (χ1n) is 46.0. The minimum atomic E-state index is 0.378. The Morgan fingerprint density at radius 1 is 0.221 bits per heavy atom. The Kier molecular flexibility index (Phi) is 22.5. The minimum absolute atomic E-state index is 0.378. The van der Waals surface area contributed by atoms with Crippen LogP contribution in [0.4, 0.5) is 40.7 Å². The van der Waals surface area contributed by atoms with Gasteiger partial charge in [-0.25, -0.2) is 0 Å². The van der Waals surface area contributed by atoms with Crippen LogP contribution in [0.3, 0.4) is 0 Å². The predicted octanol–water partition coefficient (Wildman–Crippen LogP) is 22.7. The lowest BCUT2D eigenvalue weighted by Gasteiger charge is -2.62. The number of anilines is 7. The molecule has 21 fully saturated rings. The predicted molar refractivity (Wildman–Crippen MR) is 479 cm³/mol. The second-order valence-corrected chi connectivity index (χ2v) is 42.3. The lowest BCUT2D eigenvalue weighted by molar-refractivity contribution is 0.0496. The highest BCUT2D eigenvalue weighted by molar-refractivity contribution is 5.53. The number of fused-ring (bicyclic) bond motifs is 21. The molecule has 28 rings (SSSR count). The Morgan fingerprint density at radius 3 is 0.708 bits per heavy atom. The lowest BCUT2D eigenvalue weighted by Crippen LogP contribution is -2.65. The first-order valence-corrected chi connectivity index (χ1v) is 46.0. The van der Waals surface area contributed by atoms with E-state index in [4.69, 9.17) is 0 Å². The third-order valence-corrected chi connectivity index (χ3v) is 35.7. The lowest BCUT2D eigenvalue weighted by atomic mass is 9.59. The second-order valence-electron chi connectivity index (χ2n) is 42.3. The summed E-state index contributed by atoms with van der Waals surface area (Å²) in [5.41, 5.74) is 3.68. The van der Waals surface area contributed by atoms with Gasteiger partial charge in [0.2, 0.25) is 0 Å². The second kappa shape index (κ2) is 31.1. The maximum Gasteiger partial charge on any atom is 0.108 e. The molecule has 7 atom stereocenters. The molecule has 0 amide bonds. The summed E-state index contributed by atoms with van der Waals surface area (Å²) >= 11 is 0. The zero-order chi connectivity index (χ0) is 80.3. The first-order chi connectivity index (χ1) is 53.7. The highest BCUT2D eigenvalue weighted by Crippen LogP contribution is 2.59. The van der Waals surface area contributed by atoms with Crippen molar-refractivity contribution in [3.8, 4) is 0 Å². The van der Waals surface area contributed by atoms with Crippen molar-refractivity contribution in [2.75, 3.05) is 34.3 Å². The van der Waals surface area contributed by atoms with Gasteiger partial charge in [0.05, 0.1) is 0 Å². The monoisotopic (exact) mass is 1540 g/mol. The molecule has 7 aromatic rings. The molecule has 7 aromatic heterocycles. The molecule has 14 bridgehead atoms. The molecular formula is C99H156N14. The standard InChI is InChI=1S/2C15H24N2.4C14H22N2.C13H20N2/c2*1-12-14(2)7-9-15(3,10-8-14)17(12)13-6-5-11-16(13)4;2*1-11-14(2)8-6-12(7-9-14)16(11)13-5-4-10-15(13)3;2*1-11-12-6-8-14(2,9-7-12)16(11)13-5-4-10-15(13)3;1-10-11-5-7-12(8-6-11)15(10)13-4-3-9-14(13)2/h2*5-6,11-12H,7-10H2,1-4H3;4*4-5,10-12H,6-9H2,1-3H3;3-4,9-12H,5-8H2,1-2H3. The quantitative estimate of drug-likeness (QED) is 0.158. The Morgan fingerprint density at radius 2 is 0.451 bits per heavy atom. The summed E-state index contributed by atoms with van der Waals surface area (Å²) < 4.78 is 15.9. The van der Waals surface area contributed by atoms with Crippen LogP contribution in [-0.2, 0) is 49.3 Å². The molecule has 14 saturated heterocycles. The van der Waals surface area contributed by atoms with Gasteiger partial charge in [0.1, 0.15) is 40.7 Å². The number of hydrogen-bond acceptors (Lipinski definition) is 7. The Labute approximate surface area is 686 Å². The third kappa shape index (κ3) is 14.7. The molecule has 0 spiro atoms. The van der Waals surface area contributed by atoms with Gasteiger partial charge >= 0.3 is 0 Å². The van der Waals surface area contributed by atoms with E-state index in [-0.39, 0.29) is 0 Å². The molecule has 21 aliphatic rings. The highest BCUT2D eigenvalue weighted by Gasteiger charge is 2.57. The molecule has 7 unspecified atom stereocenters. The summed E-state index contributed by atoms with van der Waals surface area (Å²) in [6.45, 7) is 36.6. The summed E-state index contributed by atoms with van der Waals surface area (Å²) in [7, 11) is 15.1. The van der Waals surface area contributed by atoms with Crippen LogP contribution in [0.5, 0.6) is 0 Å². The van der Waals surface area contributed by atoms with E-state index >= 15 is 0 Å². The van der Waals surface area contributed by atoms with E-state index in [9.17, 15) is 0 Å². The molecule has 622 valence electrons. The maximum atomic E-state index is 2.69. The SMILES string of the molecule is CC1C2CCC(C)(CC2)N1c1cccn1C.CC1C2CCC(C)(CC2)N1c1cccn1C.CC1C2CCC(CC2)N1c1cccn1C.CC1N(c2cccn2C)C2(C)CCC1(C)CC2.CC1N(c2cccn2C)C2(C)CCC1(C)CC2.CC1N(c2cccn2C)C2CCC1(C)CC2.CC1N(c2cccn2C)C2CCC1(C)CC2. The zero-order valence-corrected chi connectivity index (χ0v) is 75.2. The Balaban J connectivity index is 0.000000104. The molecule has 14 heteroatoms. The van der Waals surface area contributed by atoms with Crippen molar-refractivity contribution in [1.29, 1.82) is 0 Å². The normalized spacial score (nSPS) is 38.5. The van der Waals surface area contributed by atoms with Crippen molar-refractivity contribution in [1.82, 2.24) is 32.0 Å². The summed E-state index contributed by atoms with van der Waals surface area (Å²) in [6.07, 6.45) is 54.2. The van der Waals surface area contributed by atoms with Gasteiger partial charge in [0, 0.05) is 175 Å². The summed E-state index contributed by atoms with van der Waals surface area (Å²) in [6, 6.07) is 38.2. The van der Waals surface area contributed by atoms with E-state index in [0.29, 0.717) is 80.1 Å². The van der Waals surface area contributed by atoms with E-state index in [1.165, 1.54) is 221 Å². The Hall–Kier alpha value is -6.44. The number of piperidine rings is 14. The number of nitrogens with zero attached hydrogens (tertiary/aromatic N) is 14. The van der Waals surface area contributed by atoms with Crippen LogP contribution in [0.15, 0.2) is 128 Å². The zero-order valence-electron chi connectivity index (χ0n) is 75.2. The highest BCUT2D eigenvalue weighted by atomic mass is 15.4. The van der Waals surface area contributed by atoms with E-state index in [1.807, 2.05) is 0 Å². The third-order valence-electron chi connectivity index (χ3n) is 35.7. The van der Waals surface area contributed by atoms with Crippen LogP contribution in [0.25, 0.3) is 0 Å². The number of hydrogen-bond donors (Lipinski definition) is 0. The van der Waals surface area contributed by atoms with Gasteiger partial charge in [-0.2, -0.15) is 0 Å². The van der Waals surface area contributed by atoms with Crippen LogP contribution in [0.1, 0.15) is 284 Å². The van der Waals surface area contributed by atoms with Crippen molar-refractivity contribution in [2.45, 2.75) is 366 Å². The first kappa shape index (κ1) is 81.7. The van der Waals surface area contributed by atoms with Gasteiger partial charge in [-0.3, -0.25) is 0 Å². The van der Waals surface area contributed by atoms with Crippen molar-refractivity contribution < 1.29 is 0 Å². The van der Waals surface area contributed by atoms with Gasteiger partial charge in [-0.15, -0.1) is 0 Å². The average molecular weight is 1540 g/mol. The fourth-order valence-electron chi connectivity index (χ4n) is 26.7. The smallest absolute Gasteiger partial charge is 0.108 e. The number of aryl methyl sites for hydroxylation is 7. The van der Waals surface area contributed by atoms with Crippen LogP contribution in [-0.4, -0.2) is 115 Å². The average Bonchev–Trinajstić information content (AvgIpc) is 1.26. The van der Waals surface area contributed by atoms with E-state index < -0.39 is 0 Å². The molecule has 21 heterocycles. The van der Waals surface area contributed by atoms with Crippen molar-refractivity contribution in [3.63, 3.8) is 0 Å². The van der Waals surface area contributed by atoms with Gasteiger partial charge < -0.3 is 66.3 Å². The fourth-order valence-corrected chi connectivity index (χ4v) is 26.7. The van der Waals surface area contributed by atoms with Crippen LogP contribution >= 0.6 is 0 Å². The fraction of sp³-hybridized carbons (Fsp3) is 0.717. The van der Waals surface area contributed by atoms with Crippen molar-refractivity contribution >= 4 is 40.7 Å². The van der Waals surface area contributed by atoms with Gasteiger partial charge in [0.25, 0.3) is 0 Å². The topological polar surface area (TPSA) is 57.2 Å². The van der Waals surface area contributed by atoms with E-state index in [0.717, 1.165) is 41.9 Å². The Bertz CT molecular complexity index is 4010. The van der Waals surface area contributed by atoms with Gasteiger partial charge in [-0.1, -0.05) is 27.7 Å². The molecule has 0 radical (unpaired) electrons.